The van der Waals surface area contributed by atoms with Crippen LogP contribution >= 0.6 is 0 Å². The van der Waals surface area contributed by atoms with Gasteiger partial charge in [-0.25, -0.2) is 9.18 Å². The average Bonchev–Trinajstić information content (AvgIpc) is 2.29. The molecule has 0 bridgehead atoms. The van der Waals surface area contributed by atoms with Gasteiger partial charge in [0.2, 0.25) is 0 Å². The van der Waals surface area contributed by atoms with Crippen molar-refractivity contribution in [3.8, 4) is 0 Å². The maximum absolute atomic E-state index is 13.5. The van der Waals surface area contributed by atoms with Gasteiger partial charge in [0.25, 0.3) is 0 Å². The smallest absolute Gasteiger partial charge is 0.338 e. The fourth-order valence-corrected chi connectivity index (χ4v) is 2.30. The third-order valence-electron chi connectivity index (χ3n) is 3.41. The van der Waals surface area contributed by atoms with Crippen LogP contribution in [0.2, 0.25) is 0 Å². The van der Waals surface area contributed by atoms with Crippen molar-refractivity contribution in [1.29, 1.82) is 0 Å². The van der Waals surface area contributed by atoms with Crippen LogP contribution < -0.4 is 0 Å². The first-order valence-electron chi connectivity index (χ1n) is 5.79. The Kier molecular flexibility index (Phi) is 3.43. The molecular formula is C13H16FNO2. The predicted octanol–water partition coefficient (Wildman–Crippen LogP) is 2.33. The summed E-state index contributed by atoms with van der Waals surface area (Å²) in [5, 5.41) is 8.75. The zero-order chi connectivity index (χ0) is 12.4. The molecule has 0 saturated carbocycles. The summed E-state index contributed by atoms with van der Waals surface area (Å²) in [6.45, 7) is 2.01. The van der Waals surface area contributed by atoms with Crippen molar-refractivity contribution in [2.45, 2.75) is 18.8 Å². The molecule has 0 spiro atoms. The molecule has 0 radical (unpaired) electrons. The zero-order valence-electron chi connectivity index (χ0n) is 9.82. The van der Waals surface area contributed by atoms with E-state index >= 15 is 0 Å². The topological polar surface area (TPSA) is 40.5 Å². The Morgan fingerprint density at radius 1 is 1.41 bits per heavy atom. The van der Waals surface area contributed by atoms with Crippen molar-refractivity contribution in [2.24, 2.45) is 0 Å². The van der Waals surface area contributed by atoms with E-state index < -0.39 is 11.8 Å². The molecule has 4 heteroatoms. The molecule has 3 nitrogen and oxygen atoms in total. The molecule has 1 aromatic rings. The molecule has 1 N–H and O–H groups in total. The largest absolute Gasteiger partial charge is 0.478 e. The lowest BCUT2D eigenvalue weighted by molar-refractivity contribution is 0.0692. The van der Waals surface area contributed by atoms with Crippen LogP contribution in [0.3, 0.4) is 0 Å². The summed E-state index contributed by atoms with van der Waals surface area (Å²) in [6.07, 6.45) is 2.00. The molecule has 1 heterocycles. The normalized spacial score (nSPS) is 18.2. The number of benzene rings is 1. The van der Waals surface area contributed by atoms with Crippen LogP contribution in [0.1, 0.15) is 34.7 Å². The minimum atomic E-state index is -1.21. The van der Waals surface area contributed by atoms with E-state index in [1.54, 1.807) is 6.07 Å². The molecule has 0 aliphatic carbocycles. The first-order valence-corrected chi connectivity index (χ1v) is 5.79. The van der Waals surface area contributed by atoms with Gasteiger partial charge in [-0.15, -0.1) is 0 Å². The molecule has 92 valence electrons. The van der Waals surface area contributed by atoms with Crippen LogP contribution in [0.25, 0.3) is 0 Å². The third kappa shape index (κ3) is 2.64. The number of carbonyl (C=O) groups is 1. The molecule has 1 aliphatic rings. The molecule has 0 unspecified atom stereocenters. The summed E-state index contributed by atoms with van der Waals surface area (Å²) < 4.78 is 13.5. The zero-order valence-corrected chi connectivity index (χ0v) is 9.82. The number of hydrogen-bond donors (Lipinski definition) is 1. The highest BCUT2D eigenvalue weighted by molar-refractivity contribution is 5.87. The van der Waals surface area contributed by atoms with Gasteiger partial charge in [0, 0.05) is 0 Å². The van der Waals surface area contributed by atoms with Crippen LogP contribution in [0.15, 0.2) is 18.2 Å². The molecular weight excluding hydrogens is 221 g/mol. The SMILES string of the molecule is CN1CCC(c2ccc(C(=O)O)c(F)c2)CC1. The molecule has 0 amide bonds. The first kappa shape index (κ1) is 12.0. The number of carboxylic acid groups (broad SMARTS) is 1. The van der Waals surface area contributed by atoms with Gasteiger partial charge in [0.05, 0.1) is 5.56 Å². The van der Waals surface area contributed by atoms with Crippen LogP contribution in [0.5, 0.6) is 0 Å². The lowest BCUT2D eigenvalue weighted by atomic mass is 9.89. The highest BCUT2D eigenvalue weighted by Gasteiger charge is 2.20. The van der Waals surface area contributed by atoms with Gasteiger partial charge in [-0.2, -0.15) is 0 Å². The van der Waals surface area contributed by atoms with E-state index in [1.165, 1.54) is 12.1 Å². The number of likely N-dealkylation sites (tertiary alicyclic amines) is 1. The van der Waals surface area contributed by atoms with Crippen molar-refractivity contribution in [2.75, 3.05) is 20.1 Å². The van der Waals surface area contributed by atoms with E-state index in [0.29, 0.717) is 5.92 Å². The molecule has 2 rings (SSSR count). The summed E-state index contributed by atoms with van der Waals surface area (Å²) >= 11 is 0. The van der Waals surface area contributed by atoms with Gasteiger partial charge in [-0.3, -0.25) is 0 Å². The number of carboxylic acids is 1. The molecule has 1 aromatic carbocycles. The number of hydrogen-bond acceptors (Lipinski definition) is 2. The van der Waals surface area contributed by atoms with E-state index in [0.717, 1.165) is 31.5 Å². The van der Waals surface area contributed by atoms with Gasteiger partial charge in [-0.05, 0) is 56.6 Å². The molecule has 0 atom stereocenters. The van der Waals surface area contributed by atoms with Gasteiger partial charge < -0.3 is 10.0 Å². The fourth-order valence-electron chi connectivity index (χ4n) is 2.30. The highest BCUT2D eigenvalue weighted by atomic mass is 19.1. The van der Waals surface area contributed by atoms with E-state index in [1.807, 2.05) is 0 Å². The fraction of sp³-hybridized carbons (Fsp3) is 0.462. The minimum absolute atomic E-state index is 0.248. The van der Waals surface area contributed by atoms with E-state index in [4.69, 9.17) is 5.11 Å². The van der Waals surface area contributed by atoms with Crippen LogP contribution in [-0.2, 0) is 0 Å². The van der Waals surface area contributed by atoms with Crippen molar-refractivity contribution in [1.82, 2.24) is 4.90 Å². The van der Waals surface area contributed by atoms with Crippen LogP contribution in [0, 0.1) is 5.82 Å². The number of nitrogens with zero attached hydrogens (tertiary/aromatic N) is 1. The number of rotatable bonds is 2. The van der Waals surface area contributed by atoms with E-state index in [9.17, 15) is 9.18 Å². The Morgan fingerprint density at radius 3 is 2.59 bits per heavy atom. The van der Waals surface area contributed by atoms with Crippen molar-refractivity contribution < 1.29 is 14.3 Å². The molecule has 1 fully saturated rings. The Bertz CT molecular complexity index is 425. The Hall–Kier alpha value is -1.42. The van der Waals surface area contributed by atoms with Gasteiger partial charge >= 0.3 is 5.97 Å². The maximum atomic E-state index is 13.5. The van der Waals surface area contributed by atoms with Crippen LogP contribution in [-0.4, -0.2) is 36.1 Å². The monoisotopic (exact) mass is 237 g/mol. The van der Waals surface area contributed by atoms with Gasteiger partial charge in [0.15, 0.2) is 0 Å². The highest BCUT2D eigenvalue weighted by Crippen LogP contribution is 2.28. The Balaban J connectivity index is 2.17. The second-order valence-corrected chi connectivity index (χ2v) is 4.62. The van der Waals surface area contributed by atoms with E-state index in [2.05, 4.69) is 11.9 Å². The summed E-state index contributed by atoms with van der Waals surface area (Å²) in [6, 6.07) is 4.48. The molecule has 1 saturated heterocycles. The lowest BCUT2D eigenvalue weighted by Gasteiger charge is -2.29. The maximum Gasteiger partial charge on any atom is 0.338 e. The molecule has 0 aromatic heterocycles. The lowest BCUT2D eigenvalue weighted by Crippen LogP contribution is -2.29. The second kappa shape index (κ2) is 4.84. The number of aromatic carboxylic acids is 1. The summed E-state index contributed by atoms with van der Waals surface area (Å²) in [4.78, 5) is 13.0. The minimum Gasteiger partial charge on any atom is -0.478 e. The second-order valence-electron chi connectivity index (χ2n) is 4.62. The van der Waals surface area contributed by atoms with E-state index in [-0.39, 0.29) is 5.56 Å². The molecule has 1 aliphatic heterocycles. The first-order chi connectivity index (χ1) is 8.08. The van der Waals surface area contributed by atoms with Crippen molar-refractivity contribution >= 4 is 5.97 Å². The third-order valence-corrected chi connectivity index (χ3v) is 3.41. The van der Waals surface area contributed by atoms with Crippen LogP contribution in [0.4, 0.5) is 4.39 Å². The summed E-state index contributed by atoms with van der Waals surface area (Å²) in [7, 11) is 2.07. The van der Waals surface area contributed by atoms with Crippen molar-refractivity contribution in [3.05, 3.63) is 35.1 Å². The Morgan fingerprint density at radius 2 is 2.06 bits per heavy atom. The molecule has 17 heavy (non-hydrogen) atoms. The van der Waals surface area contributed by atoms with Gasteiger partial charge in [-0.1, -0.05) is 6.07 Å². The summed E-state index contributed by atoms with van der Waals surface area (Å²) in [5.41, 5.74) is 0.669. The summed E-state index contributed by atoms with van der Waals surface area (Å²) in [5.74, 6) is -1.49. The van der Waals surface area contributed by atoms with Gasteiger partial charge in [0.1, 0.15) is 5.82 Å². The predicted molar refractivity (Wildman–Crippen MR) is 62.8 cm³/mol. The Labute approximate surface area is 99.9 Å². The average molecular weight is 237 g/mol. The van der Waals surface area contributed by atoms with Crippen molar-refractivity contribution in [3.63, 3.8) is 0 Å². The number of halogens is 1. The standard InChI is InChI=1S/C13H16FNO2/c1-15-6-4-9(5-7-15)10-2-3-11(13(16)17)12(14)8-10/h2-3,8-9H,4-7H2,1H3,(H,16,17). The number of piperidine rings is 1. The quantitative estimate of drug-likeness (QED) is 0.858.